The number of amides is 1. The van der Waals surface area contributed by atoms with E-state index in [-0.39, 0.29) is 5.91 Å². The molecule has 1 amide bonds. The maximum Gasteiger partial charge on any atom is 0.223 e. The molecule has 0 aliphatic carbocycles. The topological polar surface area (TPSA) is 56.1 Å². The van der Waals surface area contributed by atoms with Crippen LogP contribution >= 0.6 is 11.6 Å². The molecule has 1 N–H and O–H groups in total. The summed E-state index contributed by atoms with van der Waals surface area (Å²) in [7, 11) is 0. The van der Waals surface area contributed by atoms with Crippen LogP contribution in [0.4, 0.5) is 0 Å². The zero-order valence-electron chi connectivity index (χ0n) is 14.3. The summed E-state index contributed by atoms with van der Waals surface area (Å²) in [6, 6.07) is 17.1. The second-order valence-corrected chi connectivity index (χ2v) is 6.21. The molecule has 0 atom stereocenters. The minimum absolute atomic E-state index is 0.0212. The number of nitrogens with one attached hydrogen (secondary N) is 1. The first-order valence-electron chi connectivity index (χ1n) is 8.45. The monoisotopic (exact) mass is 369 g/mol. The molecule has 1 aromatic heterocycles. The highest BCUT2D eigenvalue weighted by Gasteiger charge is 2.03. The molecule has 0 radical (unpaired) electrons. The Hall–Kier alpha value is -2.79. The van der Waals surface area contributed by atoms with E-state index in [1.165, 1.54) is 5.56 Å². The van der Waals surface area contributed by atoms with E-state index in [2.05, 4.69) is 10.4 Å². The van der Waals surface area contributed by atoms with Crippen molar-refractivity contribution in [3.05, 3.63) is 77.6 Å². The second kappa shape index (κ2) is 9.06. The fraction of sp³-hybridized carbons (Fsp3) is 0.200. The van der Waals surface area contributed by atoms with Crippen LogP contribution in [0.5, 0.6) is 5.75 Å². The average Bonchev–Trinajstić information content (AvgIpc) is 3.19. The lowest BCUT2D eigenvalue weighted by Crippen LogP contribution is -2.27. The number of aromatic nitrogens is 2. The molecule has 134 valence electrons. The van der Waals surface area contributed by atoms with Crippen LogP contribution in [0.15, 0.2) is 67.0 Å². The number of nitrogens with zero attached hydrogens (tertiary/aromatic N) is 2. The summed E-state index contributed by atoms with van der Waals surface area (Å²) < 4.78 is 7.33. The third-order valence-electron chi connectivity index (χ3n) is 3.85. The van der Waals surface area contributed by atoms with E-state index in [4.69, 9.17) is 16.3 Å². The van der Waals surface area contributed by atoms with Gasteiger partial charge in [-0.25, -0.2) is 4.68 Å². The molecule has 0 saturated heterocycles. The van der Waals surface area contributed by atoms with Crippen molar-refractivity contribution in [3.63, 3.8) is 0 Å². The van der Waals surface area contributed by atoms with Gasteiger partial charge in [-0.1, -0.05) is 23.7 Å². The molecule has 2 aromatic carbocycles. The van der Waals surface area contributed by atoms with E-state index in [0.29, 0.717) is 30.3 Å². The Kier molecular flexibility index (Phi) is 6.28. The van der Waals surface area contributed by atoms with Crippen molar-refractivity contribution in [2.24, 2.45) is 0 Å². The molecule has 0 fully saturated rings. The Morgan fingerprint density at radius 2 is 1.88 bits per heavy atom. The number of ether oxygens (including phenoxy) is 1. The van der Waals surface area contributed by atoms with Gasteiger partial charge in [0.05, 0.1) is 18.7 Å². The number of rotatable bonds is 8. The minimum atomic E-state index is -0.0212. The lowest BCUT2D eigenvalue weighted by molar-refractivity contribution is -0.121. The molecular formula is C20H20ClN3O2. The molecule has 3 rings (SSSR count). The lowest BCUT2D eigenvalue weighted by Gasteiger charge is -2.08. The van der Waals surface area contributed by atoms with Gasteiger partial charge >= 0.3 is 0 Å². The van der Waals surface area contributed by atoms with Crippen LogP contribution in [0.25, 0.3) is 5.69 Å². The van der Waals surface area contributed by atoms with Crippen molar-refractivity contribution in [1.29, 1.82) is 0 Å². The van der Waals surface area contributed by atoms with Crippen molar-refractivity contribution in [2.45, 2.75) is 12.8 Å². The molecular weight excluding hydrogens is 350 g/mol. The number of benzene rings is 2. The molecule has 0 bridgehead atoms. The summed E-state index contributed by atoms with van der Waals surface area (Å²) in [6.45, 7) is 0.937. The van der Waals surface area contributed by atoms with Gasteiger partial charge in [0.1, 0.15) is 5.75 Å². The van der Waals surface area contributed by atoms with Crippen LogP contribution in [-0.4, -0.2) is 28.8 Å². The highest BCUT2D eigenvalue weighted by molar-refractivity contribution is 6.30. The smallest absolute Gasteiger partial charge is 0.223 e. The maximum atomic E-state index is 11.9. The van der Waals surface area contributed by atoms with Crippen LogP contribution in [0.2, 0.25) is 5.02 Å². The van der Waals surface area contributed by atoms with Crippen molar-refractivity contribution >= 4 is 17.5 Å². The zero-order chi connectivity index (χ0) is 18.2. The standard InChI is InChI=1S/C20H20ClN3O2/c21-17-4-8-19(9-5-17)26-15-11-20(25)22-13-10-16-2-6-18(7-3-16)24-14-1-12-23-24/h1-9,12,14H,10-11,13,15H2,(H,22,25). The molecule has 6 heteroatoms. The molecule has 26 heavy (non-hydrogen) atoms. The highest BCUT2D eigenvalue weighted by atomic mass is 35.5. The van der Waals surface area contributed by atoms with E-state index < -0.39 is 0 Å². The summed E-state index contributed by atoms with van der Waals surface area (Å²) in [4.78, 5) is 11.9. The molecule has 0 unspecified atom stereocenters. The predicted molar refractivity (Wildman–Crippen MR) is 102 cm³/mol. The minimum Gasteiger partial charge on any atom is -0.493 e. The first-order valence-corrected chi connectivity index (χ1v) is 8.82. The first-order chi connectivity index (χ1) is 12.7. The molecule has 3 aromatic rings. The fourth-order valence-electron chi connectivity index (χ4n) is 2.46. The third kappa shape index (κ3) is 5.36. The lowest BCUT2D eigenvalue weighted by atomic mass is 10.1. The van der Waals surface area contributed by atoms with E-state index >= 15 is 0 Å². The summed E-state index contributed by atoms with van der Waals surface area (Å²) >= 11 is 5.81. The van der Waals surface area contributed by atoms with Crippen LogP contribution in [0.3, 0.4) is 0 Å². The van der Waals surface area contributed by atoms with Gasteiger partial charge in [-0.15, -0.1) is 0 Å². The average molecular weight is 370 g/mol. The predicted octanol–water partition coefficient (Wildman–Crippen LogP) is 3.65. The SMILES string of the molecule is O=C(CCOc1ccc(Cl)cc1)NCCc1ccc(-n2cccn2)cc1. The Morgan fingerprint density at radius 1 is 1.12 bits per heavy atom. The van der Waals surface area contributed by atoms with Crippen molar-refractivity contribution in [1.82, 2.24) is 15.1 Å². The van der Waals surface area contributed by atoms with Crippen molar-refractivity contribution in [3.8, 4) is 11.4 Å². The Labute approximate surface area is 157 Å². The molecule has 0 spiro atoms. The maximum absolute atomic E-state index is 11.9. The largest absolute Gasteiger partial charge is 0.493 e. The van der Waals surface area contributed by atoms with Crippen LogP contribution in [0.1, 0.15) is 12.0 Å². The number of hydrogen-bond donors (Lipinski definition) is 1. The van der Waals surface area contributed by atoms with Crippen LogP contribution in [-0.2, 0) is 11.2 Å². The Morgan fingerprint density at radius 3 is 2.58 bits per heavy atom. The molecule has 0 aliphatic heterocycles. The molecule has 5 nitrogen and oxygen atoms in total. The molecule has 0 saturated carbocycles. The summed E-state index contributed by atoms with van der Waals surface area (Å²) in [5.74, 6) is 0.687. The van der Waals surface area contributed by atoms with E-state index in [1.807, 2.05) is 41.2 Å². The number of hydrogen-bond acceptors (Lipinski definition) is 3. The zero-order valence-corrected chi connectivity index (χ0v) is 15.0. The van der Waals surface area contributed by atoms with Crippen molar-refractivity contribution < 1.29 is 9.53 Å². The summed E-state index contributed by atoms with van der Waals surface area (Å²) in [5.41, 5.74) is 2.18. The number of halogens is 1. The van der Waals surface area contributed by atoms with Crippen molar-refractivity contribution in [2.75, 3.05) is 13.2 Å². The highest BCUT2D eigenvalue weighted by Crippen LogP contribution is 2.15. The summed E-state index contributed by atoms with van der Waals surface area (Å²) in [6.07, 6.45) is 4.76. The van der Waals surface area contributed by atoms with Crippen LogP contribution in [0, 0.1) is 0 Å². The number of carbonyl (C=O) groups is 1. The first kappa shape index (κ1) is 18.0. The van der Waals surface area contributed by atoms with Gasteiger partial charge in [-0.05, 0) is 54.4 Å². The van der Waals surface area contributed by atoms with Gasteiger partial charge < -0.3 is 10.1 Å². The van der Waals surface area contributed by atoms with Crippen LogP contribution < -0.4 is 10.1 Å². The normalized spacial score (nSPS) is 10.5. The fourth-order valence-corrected chi connectivity index (χ4v) is 2.59. The van der Waals surface area contributed by atoms with Gasteiger partial charge in [0, 0.05) is 24.0 Å². The van der Waals surface area contributed by atoms with Gasteiger partial charge in [0.15, 0.2) is 0 Å². The Bertz CT molecular complexity index is 815. The van der Waals surface area contributed by atoms with Gasteiger partial charge in [-0.3, -0.25) is 4.79 Å². The van der Waals surface area contributed by atoms with E-state index in [1.54, 1.807) is 30.5 Å². The second-order valence-electron chi connectivity index (χ2n) is 5.77. The number of carbonyl (C=O) groups excluding carboxylic acids is 1. The van der Waals surface area contributed by atoms with Gasteiger partial charge in [0.25, 0.3) is 0 Å². The van der Waals surface area contributed by atoms with E-state index in [9.17, 15) is 4.79 Å². The molecule has 0 aliphatic rings. The van der Waals surface area contributed by atoms with E-state index in [0.717, 1.165) is 12.1 Å². The Balaban J connectivity index is 1.35. The van der Waals surface area contributed by atoms with Gasteiger partial charge in [0.2, 0.25) is 5.91 Å². The van der Waals surface area contributed by atoms with Gasteiger partial charge in [-0.2, -0.15) is 5.10 Å². The quantitative estimate of drug-likeness (QED) is 0.659. The summed E-state index contributed by atoms with van der Waals surface area (Å²) in [5, 5.41) is 7.77. The molecule has 1 heterocycles. The third-order valence-corrected chi connectivity index (χ3v) is 4.10.